The van der Waals surface area contributed by atoms with Crippen molar-refractivity contribution >= 4 is 11.0 Å². The first-order chi connectivity index (χ1) is 10.1. The fraction of sp³-hybridized carbons (Fsp3) is 0.308. The smallest absolute Gasteiger partial charge is 0.261 e. The van der Waals surface area contributed by atoms with Gasteiger partial charge in [0.25, 0.3) is 5.56 Å². The van der Waals surface area contributed by atoms with E-state index in [4.69, 9.17) is 14.7 Å². The van der Waals surface area contributed by atoms with E-state index in [-0.39, 0.29) is 22.4 Å². The number of aromatic nitrogens is 3. The molecule has 2 aromatic rings. The fourth-order valence-electron chi connectivity index (χ4n) is 2.50. The summed E-state index contributed by atoms with van der Waals surface area (Å²) >= 11 is 0. The van der Waals surface area contributed by atoms with Gasteiger partial charge in [-0.05, 0) is 0 Å². The second-order valence-electron chi connectivity index (χ2n) is 4.61. The van der Waals surface area contributed by atoms with Crippen LogP contribution in [0.3, 0.4) is 0 Å². The minimum Gasteiger partial charge on any atom is -0.469 e. The normalized spacial score (nSPS) is 25.0. The van der Waals surface area contributed by atoms with E-state index < -0.39 is 24.0 Å². The van der Waals surface area contributed by atoms with Crippen molar-refractivity contribution in [3.05, 3.63) is 40.8 Å². The van der Waals surface area contributed by atoms with Crippen LogP contribution in [0.2, 0.25) is 0 Å². The molecule has 0 spiro atoms. The summed E-state index contributed by atoms with van der Waals surface area (Å²) in [6, 6.07) is 1.93. The third-order valence-corrected chi connectivity index (χ3v) is 3.46. The van der Waals surface area contributed by atoms with E-state index >= 15 is 0 Å². The number of hydrogen-bond donors (Lipinski definition) is 2. The Morgan fingerprint density at radius 2 is 2.43 bits per heavy atom. The molecule has 0 saturated carbocycles. The molecule has 1 aliphatic rings. The van der Waals surface area contributed by atoms with Crippen molar-refractivity contribution in [3.8, 4) is 6.07 Å². The monoisotopic (exact) mass is 288 g/mol. The lowest BCUT2D eigenvalue weighted by atomic mass is 10.2. The summed E-state index contributed by atoms with van der Waals surface area (Å²) in [6.45, 7) is 3.68. The number of nitriles is 1. The minimum absolute atomic E-state index is 0.154. The summed E-state index contributed by atoms with van der Waals surface area (Å²) in [5.74, 6) is 0.278. The number of fused-ring (bicyclic) bond motifs is 1. The number of hydrogen-bond acceptors (Lipinski definition) is 6. The zero-order valence-corrected chi connectivity index (χ0v) is 11.1. The highest BCUT2D eigenvalue weighted by Gasteiger charge is 2.42. The molecule has 108 valence electrons. The molecule has 0 amide bonds. The maximum absolute atomic E-state index is 11.8. The molecule has 2 aromatic heterocycles. The molecule has 8 heteroatoms. The number of ether oxygens (including phenoxy) is 2. The SMILES string of the molecule is C=C1O[C@@H](n2cc(C#N)c3c(=O)[nH]cnc32)C(O)C1OC. The number of aromatic amines is 1. The van der Waals surface area contributed by atoms with Gasteiger partial charge in [-0.15, -0.1) is 0 Å². The molecule has 1 saturated heterocycles. The average molecular weight is 288 g/mol. The third kappa shape index (κ3) is 1.83. The van der Waals surface area contributed by atoms with Crippen molar-refractivity contribution in [1.82, 2.24) is 14.5 Å². The Morgan fingerprint density at radius 1 is 1.67 bits per heavy atom. The van der Waals surface area contributed by atoms with E-state index in [1.54, 1.807) is 0 Å². The maximum Gasteiger partial charge on any atom is 0.261 e. The van der Waals surface area contributed by atoms with Crippen LogP contribution in [0.15, 0.2) is 29.7 Å². The van der Waals surface area contributed by atoms with Crippen molar-refractivity contribution in [2.75, 3.05) is 7.11 Å². The average Bonchev–Trinajstić information content (AvgIpc) is 2.97. The van der Waals surface area contributed by atoms with Gasteiger partial charge in [-0.3, -0.25) is 9.36 Å². The molecule has 2 N–H and O–H groups in total. The lowest BCUT2D eigenvalue weighted by molar-refractivity contribution is -0.0220. The van der Waals surface area contributed by atoms with Gasteiger partial charge in [-0.2, -0.15) is 5.26 Å². The molecule has 21 heavy (non-hydrogen) atoms. The van der Waals surface area contributed by atoms with Gasteiger partial charge in [0.05, 0.1) is 11.9 Å². The molecule has 3 heterocycles. The summed E-state index contributed by atoms with van der Waals surface area (Å²) in [4.78, 5) is 18.3. The molecule has 0 aliphatic carbocycles. The number of aliphatic hydroxyl groups excluding tert-OH is 1. The Hall–Kier alpha value is -2.63. The molecule has 8 nitrogen and oxygen atoms in total. The van der Waals surface area contributed by atoms with E-state index in [0.717, 1.165) is 0 Å². The second-order valence-corrected chi connectivity index (χ2v) is 4.61. The fourth-order valence-corrected chi connectivity index (χ4v) is 2.50. The van der Waals surface area contributed by atoms with Crippen LogP contribution in [0.5, 0.6) is 0 Å². The van der Waals surface area contributed by atoms with Gasteiger partial charge in [0.15, 0.2) is 5.65 Å². The minimum atomic E-state index is -1.02. The van der Waals surface area contributed by atoms with E-state index in [1.165, 1.54) is 24.2 Å². The van der Waals surface area contributed by atoms with Crippen molar-refractivity contribution in [2.45, 2.75) is 18.4 Å². The number of rotatable bonds is 2. The van der Waals surface area contributed by atoms with Crippen molar-refractivity contribution in [3.63, 3.8) is 0 Å². The van der Waals surface area contributed by atoms with Gasteiger partial charge < -0.3 is 19.6 Å². The molecule has 3 rings (SSSR count). The van der Waals surface area contributed by atoms with E-state index in [1.807, 2.05) is 6.07 Å². The van der Waals surface area contributed by atoms with E-state index in [2.05, 4.69) is 16.5 Å². The zero-order valence-electron chi connectivity index (χ0n) is 11.1. The summed E-state index contributed by atoms with van der Waals surface area (Å²) in [7, 11) is 1.43. The number of H-pyrrole nitrogens is 1. The molecular weight excluding hydrogens is 276 g/mol. The summed E-state index contributed by atoms with van der Waals surface area (Å²) in [6.07, 6.45) is 0.0883. The quantitative estimate of drug-likeness (QED) is 0.805. The Labute approximate surface area is 118 Å². The maximum atomic E-state index is 11.8. The van der Waals surface area contributed by atoms with E-state index in [9.17, 15) is 9.90 Å². The van der Waals surface area contributed by atoms with Crippen LogP contribution >= 0.6 is 0 Å². The second kappa shape index (κ2) is 4.73. The highest BCUT2D eigenvalue weighted by atomic mass is 16.6. The number of methoxy groups -OCH3 is 1. The van der Waals surface area contributed by atoms with Crippen molar-refractivity contribution in [1.29, 1.82) is 5.26 Å². The molecule has 1 fully saturated rings. The van der Waals surface area contributed by atoms with Gasteiger partial charge in [-0.1, -0.05) is 6.58 Å². The Bertz CT molecular complexity index is 816. The summed E-state index contributed by atoms with van der Waals surface area (Å²) in [5, 5.41) is 19.6. The molecule has 2 unspecified atom stereocenters. The van der Waals surface area contributed by atoms with Gasteiger partial charge in [0.1, 0.15) is 29.4 Å². The Balaban J connectivity index is 2.19. The Morgan fingerprint density at radius 3 is 3.05 bits per heavy atom. The van der Waals surface area contributed by atoms with Gasteiger partial charge in [0.2, 0.25) is 6.23 Å². The number of nitrogens with one attached hydrogen (secondary N) is 1. The molecule has 0 aromatic carbocycles. The van der Waals surface area contributed by atoms with Crippen LogP contribution in [-0.2, 0) is 9.47 Å². The van der Waals surface area contributed by atoms with Gasteiger partial charge in [-0.25, -0.2) is 4.98 Å². The van der Waals surface area contributed by atoms with Crippen LogP contribution in [-0.4, -0.2) is 39.0 Å². The third-order valence-electron chi connectivity index (χ3n) is 3.46. The van der Waals surface area contributed by atoms with Gasteiger partial charge in [0, 0.05) is 13.3 Å². The van der Waals surface area contributed by atoms with E-state index in [0.29, 0.717) is 0 Å². The first-order valence-electron chi connectivity index (χ1n) is 6.13. The highest BCUT2D eigenvalue weighted by molar-refractivity contribution is 5.82. The topological polar surface area (TPSA) is 113 Å². The standard InChI is InChI=1S/C13H12N4O4/c1-6-10(20-2)9(18)13(21-6)17-4-7(3-14)8-11(17)15-5-16-12(8)19/h4-5,9-10,13,18H,1H2,2H3,(H,15,16,19)/t9?,10?,13-/m1/s1. The van der Waals surface area contributed by atoms with Crippen LogP contribution < -0.4 is 5.56 Å². The zero-order chi connectivity index (χ0) is 15.1. The predicted molar refractivity (Wildman–Crippen MR) is 71.1 cm³/mol. The largest absolute Gasteiger partial charge is 0.469 e. The molecule has 1 aliphatic heterocycles. The van der Waals surface area contributed by atoms with Gasteiger partial charge >= 0.3 is 0 Å². The van der Waals surface area contributed by atoms with Crippen LogP contribution in [0.1, 0.15) is 11.8 Å². The lowest BCUT2D eigenvalue weighted by Crippen LogP contribution is -2.29. The molecular formula is C13H12N4O4. The molecule has 0 bridgehead atoms. The molecule has 0 radical (unpaired) electrons. The summed E-state index contributed by atoms with van der Waals surface area (Å²) in [5.41, 5.74) is -0.0181. The highest BCUT2D eigenvalue weighted by Crippen LogP contribution is 2.34. The lowest BCUT2D eigenvalue weighted by Gasteiger charge is -2.17. The van der Waals surface area contributed by atoms with Crippen molar-refractivity contribution in [2.24, 2.45) is 0 Å². The van der Waals surface area contributed by atoms with Crippen LogP contribution in [0.4, 0.5) is 0 Å². The Kier molecular flexibility index (Phi) is 3.01. The molecule has 3 atom stereocenters. The first kappa shape index (κ1) is 13.4. The van der Waals surface area contributed by atoms with Crippen LogP contribution in [0.25, 0.3) is 11.0 Å². The van der Waals surface area contributed by atoms with Crippen LogP contribution in [0, 0.1) is 11.3 Å². The summed E-state index contributed by atoms with van der Waals surface area (Å²) < 4.78 is 12.1. The number of aliphatic hydroxyl groups is 1. The van der Waals surface area contributed by atoms with Crippen molar-refractivity contribution < 1.29 is 14.6 Å². The number of nitrogens with zero attached hydrogens (tertiary/aromatic N) is 3. The predicted octanol–water partition coefficient (Wildman–Crippen LogP) is 0.0147. The first-order valence-corrected chi connectivity index (χ1v) is 6.13.